The molecular formula is C24H39N3. The average Bonchev–Trinajstić information content (AvgIpc) is 2.61. The number of nitrogens with two attached hydrogens (primary N) is 1. The van der Waals surface area contributed by atoms with E-state index in [-0.39, 0.29) is 5.54 Å². The number of rotatable bonds is 10. The molecule has 0 saturated heterocycles. The van der Waals surface area contributed by atoms with Crippen LogP contribution in [0.25, 0.3) is 10.9 Å². The van der Waals surface area contributed by atoms with Crippen LogP contribution >= 0.6 is 0 Å². The van der Waals surface area contributed by atoms with Crippen molar-refractivity contribution in [1.82, 2.24) is 9.88 Å². The second kappa shape index (κ2) is 10.1. The number of aryl methyl sites for hydroxylation is 2. The van der Waals surface area contributed by atoms with Crippen LogP contribution in [0.2, 0.25) is 0 Å². The van der Waals surface area contributed by atoms with Crippen molar-refractivity contribution in [2.75, 3.05) is 19.3 Å². The molecule has 0 aliphatic heterocycles. The van der Waals surface area contributed by atoms with Gasteiger partial charge < -0.3 is 10.6 Å². The minimum Gasteiger partial charge on any atom is -0.383 e. The van der Waals surface area contributed by atoms with Crippen molar-refractivity contribution in [1.29, 1.82) is 0 Å². The third kappa shape index (κ3) is 6.49. The molecule has 0 bridgehead atoms. The second-order valence-electron chi connectivity index (χ2n) is 8.88. The van der Waals surface area contributed by atoms with Crippen LogP contribution in [-0.4, -0.2) is 29.0 Å². The van der Waals surface area contributed by atoms with Crippen molar-refractivity contribution in [2.24, 2.45) is 0 Å². The molecule has 0 aliphatic rings. The topological polar surface area (TPSA) is 42.2 Å². The Kier molecular flexibility index (Phi) is 8.09. The number of unbranched alkanes of at least 4 members (excludes halogenated alkanes) is 4. The van der Waals surface area contributed by atoms with Crippen molar-refractivity contribution in [3.05, 3.63) is 35.4 Å². The molecule has 2 aromatic rings. The van der Waals surface area contributed by atoms with Gasteiger partial charge in [0.05, 0.1) is 5.52 Å². The van der Waals surface area contributed by atoms with E-state index in [1.807, 2.05) is 0 Å². The molecule has 3 heteroatoms. The molecule has 0 spiro atoms. The van der Waals surface area contributed by atoms with E-state index in [1.165, 1.54) is 61.6 Å². The highest BCUT2D eigenvalue weighted by Gasteiger charge is 2.15. The summed E-state index contributed by atoms with van der Waals surface area (Å²) in [6.07, 6.45) is 9.59. The van der Waals surface area contributed by atoms with Crippen LogP contribution in [0, 0.1) is 0 Å². The third-order valence-electron chi connectivity index (χ3n) is 5.70. The monoisotopic (exact) mass is 369 g/mol. The SMILES string of the molecule is CCCCCc1cc2c(CCCCCN(C)C(C)(C)C)cccc2nc1N. The van der Waals surface area contributed by atoms with Crippen LogP contribution in [0.4, 0.5) is 5.82 Å². The van der Waals surface area contributed by atoms with E-state index in [0.717, 1.165) is 18.4 Å². The Balaban J connectivity index is 1.98. The highest BCUT2D eigenvalue weighted by Crippen LogP contribution is 2.25. The molecule has 1 aromatic carbocycles. The molecule has 1 heterocycles. The molecule has 3 nitrogen and oxygen atoms in total. The smallest absolute Gasteiger partial charge is 0.127 e. The fraction of sp³-hybridized carbons (Fsp3) is 0.625. The van der Waals surface area contributed by atoms with Crippen LogP contribution in [0.15, 0.2) is 24.3 Å². The number of nitrogen functional groups attached to an aromatic ring is 1. The van der Waals surface area contributed by atoms with Crippen LogP contribution in [-0.2, 0) is 12.8 Å². The van der Waals surface area contributed by atoms with Crippen LogP contribution < -0.4 is 5.73 Å². The predicted octanol–water partition coefficient (Wildman–Crippen LogP) is 5.99. The van der Waals surface area contributed by atoms with Gasteiger partial charge in [0.1, 0.15) is 5.82 Å². The molecule has 0 unspecified atom stereocenters. The van der Waals surface area contributed by atoms with Crippen LogP contribution in [0.1, 0.15) is 77.3 Å². The summed E-state index contributed by atoms with van der Waals surface area (Å²) in [7, 11) is 2.22. The average molecular weight is 370 g/mol. The van der Waals surface area contributed by atoms with E-state index >= 15 is 0 Å². The summed E-state index contributed by atoms with van der Waals surface area (Å²) in [6, 6.07) is 8.77. The molecule has 0 fully saturated rings. The quantitative estimate of drug-likeness (QED) is 0.523. The summed E-state index contributed by atoms with van der Waals surface area (Å²) in [5.74, 6) is 0.709. The molecule has 150 valence electrons. The van der Waals surface area contributed by atoms with Crippen LogP contribution in [0.5, 0.6) is 0 Å². The van der Waals surface area contributed by atoms with Gasteiger partial charge in [-0.05, 0) is 89.7 Å². The Bertz CT molecular complexity index is 715. The van der Waals surface area contributed by atoms with E-state index in [0.29, 0.717) is 5.82 Å². The van der Waals surface area contributed by atoms with Gasteiger partial charge in [0.15, 0.2) is 0 Å². The third-order valence-corrected chi connectivity index (χ3v) is 5.70. The number of nitrogens with zero attached hydrogens (tertiary/aromatic N) is 2. The van der Waals surface area contributed by atoms with Gasteiger partial charge in [0.25, 0.3) is 0 Å². The summed E-state index contributed by atoms with van der Waals surface area (Å²) in [5.41, 5.74) is 10.1. The Hall–Kier alpha value is -1.61. The maximum absolute atomic E-state index is 6.21. The number of hydrogen-bond donors (Lipinski definition) is 1. The molecule has 27 heavy (non-hydrogen) atoms. The molecule has 0 saturated carbocycles. The standard InChI is InChI=1S/C24H39N3/c1-6-7-9-14-20-18-21-19(15-12-16-22(21)26-23(20)25)13-10-8-11-17-27(5)24(2,3)4/h12,15-16,18H,6-11,13-14,17H2,1-5H3,(H2,25,26). The normalized spacial score (nSPS) is 12.2. The summed E-state index contributed by atoms with van der Waals surface area (Å²) in [4.78, 5) is 7.13. The molecule has 1 aromatic heterocycles. The van der Waals surface area contributed by atoms with Crippen molar-refractivity contribution >= 4 is 16.7 Å². The molecule has 2 N–H and O–H groups in total. The van der Waals surface area contributed by atoms with E-state index in [9.17, 15) is 0 Å². The Morgan fingerprint density at radius 1 is 0.963 bits per heavy atom. The minimum absolute atomic E-state index is 0.259. The van der Waals surface area contributed by atoms with Gasteiger partial charge in [-0.3, -0.25) is 0 Å². The minimum atomic E-state index is 0.259. The lowest BCUT2D eigenvalue weighted by atomic mass is 9.99. The lowest BCUT2D eigenvalue weighted by molar-refractivity contribution is 0.172. The van der Waals surface area contributed by atoms with Crippen molar-refractivity contribution in [2.45, 2.75) is 84.6 Å². The van der Waals surface area contributed by atoms with Gasteiger partial charge in [-0.15, -0.1) is 0 Å². The number of benzene rings is 1. The molecule has 2 rings (SSSR count). The maximum Gasteiger partial charge on any atom is 0.127 e. The summed E-state index contributed by atoms with van der Waals surface area (Å²) < 4.78 is 0. The zero-order chi connectivity index (χ0) is 19.9. The van der Waals surface area contributed by atoms with Gasteiger partial charge in [-0.25, -0.2) is 4.98 Å². The van der Waals surface area contributed by atoms with E-state index in [2.05, 4.69) is 68.9 Å². The number of fused-ring (bicyclic) bond motifs is 1. The molecule has 0 radical (unpaired) electrons. The first-order chi connectivity index (χ1) is 12.8. The van der Waals surface area contributed by atoms with Gasteiger partial charge in [0.2, 0.25) is 0 Å². The van der Waals surface area contributed by atoms with Crippen molar-refractivity contribution < 1.29 is 0 Å². The zero-order valence-electron chi connectivity index (χ0n) is 18.1. The number of hydrogen-bond acceptors (Lipinski definition) is 3. The highest BCUT2D eigenvalue weighted by atomic mass is 15.1. The fourth-order valence-electron chi connectivity index (χ4n) is 3.47. The van der Waals surface area contributed by atoms with Gasteiger partial charge in [-0.1, -0.05) is 38.3 Å². The first kappa shape index (κ1) is 21.7. The van der Waals surface area contributed by atoms with Gasteiger partial charge in [0, 0.05) is 10.9 Å². The summed E-state index contributed by atoms with van der Waals surface area (Å²) in [6.45, 7) is 10.2. The lowest BCUT2D eigenvalue weighted by Crippen LogP contribution is -2.38. The van der Waals surface area contributed by atoms with Crippen LogP contribution in [0.3, 0.4) is 0 Å². The molecular weight excluding hydrogens is 330 g/mol. The maximum atomic E-state index is 6.21. The Morgan fingerprint density at radius 2 is 1.67 bits per heavy atom. The predicted molar refractivity (Wildman–Crippen MR) is 119 cm³/mol. The number of anilines is 1. The first-order valence-corrected chi connectivity index (χ1v) is 10.7. The van der Waals surface area contributed by atoms with E-state index in [4.69, 9.17) is 5.73 Å². The van der Waals surface area contributed by atoms with Crippen molar-refractivity contribution in [3.63, 3.8) is 0 Å². The first-order valence-electron chi connectivity index (χ1n) is 10.7. The second-order valence-corrected chi connectivity index (χ2v) is 8.88. The highest BCUT2D eigenvalue weighted by molar-refractivity contribution is 5.84. The summed E-state index contributed by atoms with van der Waals surface area (Å²) >= 11 is 0. The molecule has 0 aliphatic carbocycles. The van der Waals surface area contributed by atoms with Gasteiger partial charge >= 0.3 is 0 Å². The fourth-order valence-corrected chi connectivity index (χ4v) is 3.47. The Morgan fingerprint density at radius 3 is 2.37 bits per heavy atom. The van der Waals surface area contributed by atoms with E-state index in [1.54, 1.807) is 0 Å². The van der Waals surface area contributed by atoms with Crippen molar-refractivity contribution in [3.8, 4) is 0 Å². The van der Waals surface area contributed by atoms with E-state index < -0.39 is 0 Å². The lowest BCUT2D eigenvalue weighted by Gasteiger charge is -2.31. The molecule has 0 atom stereocenters. The van der Waals surface area contributed by atoms with Gasteiger partial charge in [-0.2, -0.15) is 0 Å². The summed E-state index contributed by atoms with van der Waals surface area (Å²) in [5, 5.41) is 1.30. The number of aromatic nitrogens is 1. The largest absolute Gasteiger partial charge is 0.383 e. The Labute approximate surface area is 166 Å². The molecule has 0 amide bonds. The number of pyridine rings is 1. The zero-order valence-corrected chi connectivity index (χ0v) is 18.1.